The van der Waals surface area contributed by atoms with Crippen molar-refractivity contribution in [2.75, 3.05) is 12.4 Å². The van der Waals surface area contributed by atoms with Crippen molar-refractivity contribution in [3.8, 4) is 11.5 Å². The molecule has 0 fully saturated rings. The molecule has 0 atom stereocenters. The zero-order valence-corrected chi connectivity index (χ0v) is 14.0. The van der Waals surface area contributed by atoms with E-state index in [0.717, 1.165) is 12.1 Å². The van der Waals surface area contributed by atoms with Crippen LogP contribution in [0, 0.1) is 0 Å². The maximum atomic E-state index is 12.5. The van der Waals surface area contributed by atoms with Crippen molar-refractivity contribution in [2.24, 2.45) is 0 Å². The van der Waals surface area contributed by atoms with Gasteiger partial charge in [-0.3, -0.25) is 4.79 Å². The van der Waals surface area contributed by atoms with Crippen LogP contribution in [0.3, 0.4) is 0 Å². The van der Waals surface area contributed by atoms with Gasteiger partial charge in [0.2, 0.25) is 0 Å². The van der Waals surface area contributed by atoms with E-state index in [1.54, 1.807) is 12.1 Å². The summed E-state index contributed by atoms with van der Waals surface area (Å²) in [5.41, 5.74) is -0.213. The summed E-state index contributed by atoms with van der Waals surface area (Å²) in [5, 5.41) is 2.55. The first kappa shape index (κ1) is 18.6. The fraction of sp³-hybridized carbons (Fsp3) is 0.278. The molecule has 0 saturated heterocycles. The number of hydrogen-bond acceptors (Lipinski definition) is 3. The quantitative estimate of drug-likeness (QED) is 0.844. The van der Waals surface area contributed by atoms with Gasteiger partial charge in [-0.15, -0.1) is 0 Å². The van der Waals surface area contributed by atoms with Crippen LogP contribution in [-0.2, 0) is 6.18 Å². The lowest BCUT2D eigenvalue weighted by Gasteiger charge is -2.14. The Hall–Kier alpha value is -2.70. The lowest BCUT2D eigenvalue weighted by atomic mass is 10.1. The Morgan fingerprint density at radius 3 is 2.20 bits per heavy atom. The largest absolute Gasteiger partial charge is 0.493 e. The molecule has 0 radical (unpaired) electrons. The van der Waals surface area contributed by atoms with Gasteiger partial charge in [0.1, 0.15) is 0 Å². The maximum Gasteiger partial charge on any atom is 0.416 e. The van der Waals surface area contributed by atoms with Crippen molar-refractivity contribution >= 4 is 11.6 Å². The maximum absolute atomic E-state index is 12.5. The number of amides is 1. The van der Waals surface area contributed by atoms with E-state index in [2.05, 4.69) is 5.32 Å². The zero-order chi connectivity index (χ0) is 18.6. The van der Waals surface area contributed by atoms with Crippen LogP contribution in [0.25, 0.3) is 0 Å². The molecule has 134 valence electrons. The van der Waals surface area contributed by atoms with Crippen LogP contribution < -0.4 is 14.8 Å². The van der Waals surface area contributed by atoms with Gasteiger partial charge in [-0.05, 0) is 56.3 Å². The average Bonchev–Trinajstić information content (AvgIpc) is 2.54. The molecule has 0 bridgehead atoms. The molecular formula is C18H18F3NO3. The Balaban J connectivity index is 2.15. The number of anilines is 1. The molecule has 2 aromatic rings. The molecule has 0 saturated carbocycles. The summed E-state index contributed by atoms with van der Waals surface area (Å²) < 4.78 is 48.4. The molecule has 2 rings (SSSR count). The average molecular weight is 353 g/mol. The van der Waals surface area contributed by atoms with Gasteiger partial charge in [-0.25, -0.2) is 0 Å². The Morgan fingerprint density at radius 2 is 1.68 bits per heavy atom. The highest BCUT2D eigenvalue weighted by molar-refractivity contribution is 6.04. The molecule has 1 N–H and O–H groups in total. The first-order chi connectivity index (χ1) is 11.7. The molecular weight excluding hydrogens is 335 g/mol. The van der Waals surface area contributed by atoms with Crippen LogP contribution in [-0.4, -0.2) is 19.1 Å². The van der Waals surface area contributed by atoms with E-state index < -0.39 is 17.6 Å². The van der Waals surface area contributed by atoms with Crippen LogP contribution in [0.5, 0.6) is 11.5 Å². The monoisotopic (exact) mass is 353 g/mol. The lowest BCUT2D eigenvalue weighted by molar-refractivity contribution is -0.137. The first-order valence-electron chi connectivity index (χ1n) is 7.54. The summed E-state index contributed by atoms with van der Waals surface area (Å²) in [7, 11) is 1.46. The van der Waals surface area contributed by atoms with Gasteiger partial charge in [0.25, 0.3) is 5.91 Å². The minimum Gasteiger partial charge on any atom is -0.493 e. The summed E-state index contributed by atoms with van der Waals surface area (Å²) in [4.78, 5) is 12.3. The van der Waals surface area contributed by atoms with Gasteiger partial charge in [0, 0.05) is 11.3 Å². The Kier molecular flexibility index (Phi) is 5.56. The van der Waals surface area contributed by atoms with Gasteiger partial charge in [-0.2, -0.15) is 13.2 Å². The number of hydrogen-bond donors (Lipinski definition) is 1. The zero-order valence-electron chi connectivity index (χ0n) is 14.0. The molecule has 0 aromatic heterocycles. The normalized spacial score (nSPS) is 11.3. The SMILES string of the molecule is COc1cc(C(=O)Nc2ccc(C(F)(F)F)cc2)ccc1OC(C)C. The number of ether oxygens (including phenoxy) is 2. The fourth-order valence-corrected chi connectivity index (χ4v) is 2.11. The molecule has 4 nitrogen and oxygen atoms in total. The number of rotatable bonds is 5. The topological polar surface area (TPSA) is 47.6 Å². The number of carbonyl (C=O) groups is 1. The number of nitrogens with one attached hydrogen (secondary N) is 1. The molecule has 7 heteroatoms. The Bertz CT molecular complexity index is 740. The third kappa shape index (κ3) is 4.89. The van der Waals surface area contributed by atoms with Crippen LogP contribution in [0.15, 0.2) is 42.5 Å². The fourth-order valence-electron chi connectivity index (χ4n) is 2.11. The lowest BCUT2D eigenvalue weighted by Crippen LogP contribution is -2.13. The number of halogens is 3. The highest BCUT2D eigenvalue weighted by Gasteiger charge is 2.30. The van der Waals surface area contributed by atoms with Gasteiger partial charge < -0.3 is 14.8 Å². The Labute approximate surface area is 143 Å². The third-order valence-corrected chi connectivity index (χ3v) is 3.26. The molecule has 0 heterocycles. The van der Waals surface area contributed by atoms with E-state index in [9.17, 15) is 18.0 Å². The number of benzene rings is 2. The number of methoxy groups -OCH3 is 1. The van der Waals surface area contributed by atoms with Crippen molar-refractivity contribution in [1.29, 1.82) is 0 Å². The molecule has 0 spiro atoms. The first-order valence-corrected chi connectivity index (χ1v) is 7.54. The van der Waals surface area contributed by atoms with Crippen LogP contribution in [0.1, 0.15) is 29.8 Å². The van der Waals surface area contributed by atoms with Crippen molar-refractivity contribution in [3.05, 3.63) is 53.6 Å². The van der Waals surface area contributed by atoms with E-state index >= 15 is 0 Å². The van der Waals surface area contributed by atoms with Crippen molar-refractivity contribution in [1.82, 2.24) is 0 Å². The molecule has 0 aliphatic heterocycles. The molecule has 25 heavy (non-hydrogen) atoms. The van der Waals surface area contributed by atoms with E-state index in [1.165, 1.54) is 25.3 Å². The molecule has 0 aliphatic rings. The summed E-state index contributed by atoms with van der Waals surface area (Å²) in [6, 6.07) is 8.91. The van der Waals surface area contributed by atoms with Crippen LogP contribution in [0.2, 0.25) is 0 Å². The Morgan fingerprint density at radius 1 is 1.04 bits per heavy atom. The molecule has 2 aromatic carbocycles. The van der Waals surface area contributed by atoms with Crippen molar-refractivity contribution in [3.63, 3.8) is 0 Å². The van der Waals surface area contributed by atoms with Gasteiger partial charge in [-0.1, -0.05) is 0 Å². The van der Waals surface area contributed by atoms with E-state index in [-0.39, 0.29) is 11.8 Å². The van der Waals surface area contributed by atoms with Crippen molar-refractivity contribution in [2.45, 2.75) is 26.1 Å². The summed E-state index contributed by atoms with van der Waals surface area (Å²) in [5.74, 6) is 0.437. The second kappa shape index (κ2) is 7.46. The predicted octanol–water partition coefficient (Wildman–Crippen LogP) is 4.75. The number of alkyl halides is 3. The van der Waals surface area contributed by atoms with E-state index in [0.29, 0.717) is 17.1 Å². The summed E-state index contributed by atoms with van der Waals surface area (Å²) >= 11 is 0. The highest BCUT2D eigenvalue weighted by Crippen LogP contribution is 2.31. The van der Waals surface area contributed by atoms with E-state index in [4.69, 9.17) is 9.47 Å². The molecule has 0 aliphatic carbocycles. The van der Waals surface area contributed by atoms with Gasteiger partial charge in [0.05, 0.1) is 18.8 Å². The standard InChI is InChI=1S/C18H18F3NO3/c1-11(2)25-15-9-4-12(10-16(15)24-3)17(23)22-14-7-5-13(6-8-14)18(19,20)21/h4-11H,1-3H3,(H,22,23). The third-order valence-electron chi connectivity index (χ3n) is 3.26. The second-order valence-corrected chi connectivity index (χ2v) is 5.56. The van der Waals surface area contributed by atoms with Crippen molar-refractivity contribution < 1.29 is 27.4 Å². The highest BCUT2D eigenvalue weighted by atomic mass is 19.4. The molecule has 1 amide bonds. The number of carbonyl (C=O) groups excluding carboxylic acids is 1. The smallest absolute Gasteiger partial charge is 0.416 e. The van der Waals surface area contributed by atoms with E-state index in [1.807, 2.05) is 13.8 Å². The predicted molar refractivity (Wildman–Crippen MR) is 88.2 cm³/mol. The van der Waals surface area contributed by atoms with Crippen LogP contribution in [0.4, 0.5) is 18.9 Å². The summed E-state index contributed by atoms with van der Waals surface area (Å²) in [6.45, 7) is 3.73. The summed E-state index contributed by atoms with van der Waals surface area (Å²) in [6.07, 6.45) is -4.47. The van der Waals surface area contributed by atoms with Crippen LogP contribution >= 0.6 is 0 Å². The minimum atomic E-state index is -4.41. The van der Waals surface area contributed by atoms with Gasteiger partial charge in [0.15, 0.2) is 11.5 Å². The minimum absolute atomic E-state index is 0.0549. The second-order valence-electron chi connectivity index (χ2n) is 5.56. The molecule has 0 unspecified atom stereocenters. The van der Waals surface area contributed by atoms with Gasteiger partial charge >= 0.3 is 6.18 Å².